The summed E-state index contributed by atoms with van der Waals surface area (Å²) >= 11 is 0. The molecule has 32 heavy (non-hydrogen) atoms. The molecule has 0 radical (unpaired) electrons. The van der Waals surface area contributed by atoms with Crippen LogP contribution in [0.1, 0.15) is 22.5 Å². The van der Waals surface area contributed by atoms with E-state index in [0.29, 0.717) is 24.8 Å². The van der Waals surface area contributed by atoms with E-state index in [0.717, 1.165) is 35.1 Å². The van der Waals surface area contributed by atoms with Crippen LogP contribution in [0.3, 0.4) is 0 Å². The van der Waals surface area contributed by atoms with Crippen LogP contribution in [0.25, 0.3) is 10.8 Å². The fourth-order valence-electron chi connectivity index (χ4n) is 3.40. The van der Waals surface area contributed by atoms with E-state index in [1.165, 1.54) is 11.1 Å². The van der Waals surface area contributed by atoms with Crippen LogP contribution in [0.5, 0.6) is 5.88 Å². The molecule has 7 nitrogen and oxygen atoms in total. The fourth-order valence-corrected chi connectivity index (χ4v) is 3.40. The number of anilines is 1. The first-order valence-corrected chi connectivity index (χ1v) is 10.5. The predicted octanol–water partition coefficient (Wildman–Crippen LogP) is 4.27. The molecular weight excluding hydrogens is 400 g/mol. The SMILES string of the molecule is C=NNc1nnc(OCc2cccc(CNCCc3ccc(C)cc3)n2)c2ccccc12. The minimum Gasteiger partial charge on any atom is -0.470 e. The third-order valence-electron chi connectivity index (χ3n) is 5.08. The lowest BCUT2D eigenvalue weighted by Crippen LogP contribution is -2.18. The molecule has 0 fully saturated rings. The monoisotopic (exact) mass is 426 g/mol. The largest absolute Gasteiger partial charge is 0.470 e. The first-order valence-electron chi connectivity index (χ1n) is 10.5. The average Bonchev–Trinajstić information content (AvgIpc) is 2.83. The highest BCUT2D eigenvalue weighted by Gasteiger charge is 2.10. The number of hydrazone groups is 1. The van der Waals surface area contributed by atoms with Crippen molar-refractivity contribution < 1.29 is 4.74 Å². The summed E-state index contributed by atoms with van der Waals surface area (Å²) in [4.78, 5) is 4.70. The Kier molecular flexibility index (Phi) is 6.99. The molecule has 7 heteroatoms. The van der Waals surface area contributed by atoms with Crippen molar-refractivity contribution in [3.8, 4) is 5.88 Å². The number of rotatable bonds is 10. The average molecular weight is 427 g/mol. The second kappa shape index (κ2) is 10.5. The molecule has 4 aromatic rings. The van der Waals surface area contributed by atoms with Crippen molar-refractivity contribution in [3.05, 3.63) is 89.2 Å². The minimum atomic E-state index is 0.308. The van der Waals surface area contributed by atoms with Gasteiger partial charge in [0.05, 0.1) is 11.4 Å². The summed E-state index contributed by atoms with van der Waals surface area (Å²) < 4.78 is 5.96. The van der Waals surface area contributed by atoms with Crippen molar-refractivity contribution in [3.63, 3.8) is 0 Å². The van der Waals surface area contributed by atoms with E-state index >= 15 is 0 Å². The third-order valence-corrected chi connectivity index (χ3v) is 5.08. The van der Waals surface area contributed by atoms with Crippen molar-refractivity contribution >= 4 is 23.3 Å². The third kappa shape index (κ3) is 5.44. The zero-order valence-electron chi connectivity index (χ0n) is 18.1. The van der Waals surface area contributed by atoms with Gasteiger partial charge in [-0.25, -0.2) is 0 Å². The van der Waals surface area contributed by atoms with Gasteiger partial charge in [-0.05, 0) is 43.7 Å². The zero-order valence-corrected chi connectivity index (χ0v) is 18.1. The molecule has 0 aliphatic heterocycles. The second-order valence-electron chi connectivity index (χ2n) is 7.49. The molecule has 0 bridgehead atoms. The van der Waals surface area contributed by atoms with Gasteiger partial charge in [0.2, 0.25) is 5.88 Å². The molecule has 0 aliphatic rings. The van der Waals surface area contributed by atoms with Crippen molar-refractivity contribution in [1.82, 2.24) is 20.5 Å². The van der Waals surface area contributed by atoms with Gasteiger partial charge in [-0.1, -0.05) is 54.1 Å². The maximum Gasteiger partial charge on any atom is 0.241 e. The van der Waals surface area contributed by atoms with Gasteiger partial charge in [0.15, 0.2) is 5.82 Å². The summed E-state index contributed by atoms with van der Waals surface area (Å²) in [5.41, 5.74) is 7.19. The quantitative estimate of drug-likeness (QED) is 0.224. The van der Waals surface area contributed by atoms with E-state index in [4.69, 9.17) is 9.72 Å². The summed E-state index contributed by atoms with van der Waals surface area (Å²) in [6.07, 6.45) is 0.987. The smallest absolute Gasteiger partial charge is 0.241 e. The molecule has 0 atom stereocenters. The van der Waals surface area contributed by atoms with E-state index in [9.17, 15) is 0 Å². The Labute approximate surface area is 187 Å². The number of ether oxygens (including phenoxy) is 1. The van der Waals surface area contributed by atoms with Gasteiger partial charge in [-0.3, -0.25) is 10.4 Å². The van der Waals surface area contributed by atoms with Crippen LogP contribution in [0.15, 0.2) is 71.8 Å². The predicted molar refractivity (Wildman–Crippen MR) is 128 cm³/mol. The topological polar surface area (TPSA) is 84.3 Å². The van der Waals surface area contributed by atoms with E-state index < -0.39 is 0 Å². The van der Waals surface area contributed by atoms with Crippen molar-refractivity contribution in [1.29, 1.82) is 0 Å². The van der Waals surface area contributed by atoms with Crippen molar-refractivity contribution in [2.24, 2.45) is 5.10 Å². The molecule has 0 spiro atoms. The van der Waals surface area contributed by atoms with Crippen LogP contribution < -0.4 is 15.5 Å². The van der Waals surface area contributed by atoms with Gasteiger partial charge in [0.25, 0.3) is 0 Å². The molecule has 0 saturated carbocycles. The number of benzene rings is 2. The molecule has 2 heterocycles. The highest BCUT2D eigenvalue weighted by Crippen LogP contribution is 2.27. The van der Waals surface area contributed by atoms with Crippen LogP contribution in [0.4, 0.5) is 5.82 Å². The minimum absolute atomic E-state index is 0.308. The Hall–Kier alpha value is -3.84. The number of aromatic nitrogens is 3. The van der Waals surface area contributed by atoms with Crippen molar-refractivity contribution in [2.45, 2.75) is 26.5 Å². The fraction of sp³-hybridized carbons (Fsp3) is 0.200. The number of aryl methyl sites for hydroxylation is 1. The molecule has 2 N–H and O–H groups in total. The molecule has 2 aromatic carbocycles. The summed E-state index contributed by atoms with van der Waals surface area (Å²) in [6, 6.07) is 22.3. The standard InChI is InChI=1S/C25H26N6O/c1-18-10-12-19(13-11-18)14-15-27-16-20-6-5-7-21(28-20)17-32-25-23-9-4-3-8-22(23)24(29-26-2)30-31-25/h3-13,27H,2,14-17H2,1H3,(H,29,30). The summed E-state index contributed by atoms with van der Waals surface area (Å²) in [6.45, 7) is 7.45. The number of hydrogen-bond donors (Lipinski definition) is 2. The number of pyridine rings is 1. The Balaban J connectivity index is 1.34. The Morgan fingerprint density at radius 3 is 2.50 bits per heavy atom. The Bertz CT molecular complexity index is 1190. The maximum atomic E-state index is 5.96. The normalized spacial score (nSPS) is 10.8. The van der Waals surface area contributed by atoms with E-state index in [-0.39, 0.29) is 0 Å². The molecule has 4 rings (SSSR count). The van der Waals surface area contributed by atoms with Gasteiger partial charge >= 0.3 is 0 Å². The van der Waals surface area contributed by atoms with E-state index in [1.807, 2.05) is 42.5 Å². The van der Waals surface area contributed by atoms with Gasteiger partial charge < -0.3 is 10.1 Å². The highest BCUT2D eigenvalue weighted by atomic mass is 16.5. The van der Waals surface area contributed by atoms with Gasteiger partial charge in [0, 0.05) is 24.0 Å². The first-order chi connectivity index (χ1) is 15.7. The van der Waals surface area contributed by atoms with Gasteiger partial charge in [0.1, 0.15) is 6.61 Å². The maximum absolute atomic E-state index is 5.96. The van der Waals surface area contributed by atoms with Crippen LogP contribution in [0.2, 0.25) is 0 Å². The molecular formula is C25H26N6O. The first kappa shape index (κ1) is 21.4. The van der Waals surface area contributed by atoms with Crippen LogP contribution in [-0.2, 0) is 19.6 Å². The molecule has 2 aromatic heterocycles. The molecule has 0 unspecified atom stereocenters. The zero-order chi connectivity index (χ0) is 22.2. The van der Waals surface area contributed by atoms with E-state index in [2.05, 4.69) is 63.9 Å². The summed E-state index contributed by atoms with van der Waals surface area (Å²) in [5, 5.41) is 17.2. The second-order valence-corrected chi connectivity index (χ2v) is 7.49. The lowest BCUT2D eigenvalue weighted by atomic mass is 10.1. The number of nitrogens with zero attached hydrogens (tertiary/aromatic N) is 4. The lowest BCUT2D eigenvalue weighted by molar-refractivity contribution is 0.289. The molecule has 0 amide bonds. The lowest BCUT2D eigenvalue weighted by Gasteiger charge is -2.10. The molecule has 0 saturated heterocycles. The highest BCUT2D eigenvalue weighted by molar-refractivity contribution is 5.94. The Morgan fingerprint density at radius 1 is 0.906 bits per heavy atom. The van der Waals surface area contributed by atoms with Crippen LogP contribution in [-0.4, -0.2) is 28.4 Å². The molecule has 0 aliphatic carbocycles. The number of nitrogens with one attached hydrogen (secondary N) is 2. The van der Waals surface area contributed by atoms with Crippen molar-refractivity contribution in [2.75, 3.05) is 12.0 Å². The van der Waals surface area contributed by atoms with Gasteiger partial charge in [-0.2, -0.15) is 5.10 Å². The van der Waals surface area contributed by atoms with Crippen LogP contribution >= 0.6 is 0 Å². The summed E-state index contributed by atoms with van der Waals surface area (Å²) in [5.74, 6) is 0.999. The number of fused-ring (bicyclic) bond motifs is 1. The summed E-state index contributed by atoms with van der Waals surface area (Å²) in [7, 11) is 0. The van der Waals surface area contributed by atoms with E-state index in [1.54, 1.807) is 0 Å². The Morgan fingerprint density at radius 2 is 1.69 bits per heavy atom. The number of hydrogen-bond acceptors (Lipinski definition) is 7. The molecule has 162 valence electrons. The van der Waals surface area contributed by atoms with Crippen LogP contribution in [0, 0.1) is 6.92 Å². The van der Waals surface area contributed by atoms with Gasteiger partial charge in [-0.15, -0.1) is 10.2 Å².